The van der Waals surface area contributed by atoms with Crippen LogP contribution < -0.4 is 21.3 Å². The summed E-state index contributed by atoms with van der Waals surface area (Å²) in [6.07, 6.45) is 5.51. The molecule has 2 aliphatic carbocycles. The number of aliphatic hydroxyl groups is 3. The highest BCUT2D eigenvalue weighted by Crippen LogP contribution is 2.43. The summed E-state index contributed by atoms with van der Waals surface area (Å²) in [5, 5.41) is 47.5. The number of carbonyl (C=O) groups excluding carboxylic acids is 1. The van der Waals surface area contributed by atoms with E-state index in [1.54, 1.807) is 13.1 Å². The van der Waals surface area contributed by atoms with E-state index in [0.29, 0.717) is 54.8 Å². The molecule has 13 heteroatoms. The van der Waals surface area contributed by atoms with Crippen LogP contribution in [0.2, 0.25) is 0 Å². The van der Waals surface area contributed by atoms with Gasteiger partial charge in [-0.25, -0.2) is 14.8 Å². The summed E-state index contributed by atoms with van der Waals surface area (Å²) in [5.74, 6) is 0.761. The summed E-state index contributed by atoms with van der Waals surface area (Å²) in [7, 11) is 1.31. The number of aliphatic hydroxyl groups excluding tert-OH is 2. The molecule has 0 radical (unpaired) electrons. The van der Waals surface area contributed by atoms with E-state index in [4.69, 9.17) is 9.72 Å². The van der Waals surface area contributed by atoms with E-state index in [1.165, 1.54) is 13.3 Å². The summed E-state index contributed by atoms with van der Waals surface area (Å²) in [5.41, 5.74) is -1.34. The molecule has 256 valence electrons. The lowest BCUT2D eigenvalue weighted by atomic mass is 9.71. The topological polar surface area (TPSA) is 187 Å². The van der Waals surface area contributed by atoms with Crippen LogP contribution in [0.25, 0.3) is 0 Å². The number of hydrogen-bond donors (Lipinski definition) is 7. The first kappa shape index (κ1) is 35.6. The van der Waals surface area contributed by atoms with Crippen LogP contribution in [0.3, 0.4) is 0 Å². The van der Waals surface area contributed by atoms with Gasteiger partial charge >= 0.3 is 5.97 Å². The Kier molecular flexibility index (Phi) is 10.7. The number of esters is 1. The van der Waals surface area contributed by atoms with Gasteiger partial charge in [0.2, 0.25) is 11.9 Å². The number of aromatic nitrogens is 4. The van der Waals surface area contributed by atoms with Gasteiger partial charge in [-0.3, -0.25) is 0 Å². The van der Waals surface area contributed by atoms with Crippen LogP contribution in [0.4, 0.5) is 23.5 Å². The fraction of sp³-hybridized carbons (Fsp3) is 0.727. The molecular formula is C33H54N8O5. The molecule has 2 aromatic heterocycles. The zero-order valence-electron chi connectivity index (χ0n) is 28.8. The molecule has 2 fully saturated rings. The SMILES string of the molecule is COC(=O)c1cnc(NC(C)(C)C)nc1N[C@@H]1CC[C@@H](C(C)(O)c2cnc(NC(C)(C)C)nc2N[C@@H]2CC[C@@H](C)[C@H](O)C2)[C@H](O)C1. The minimum Gasteiger partial charge on any atom is -0.465 e. The first-order valence-electron chi connectivity index (χ1n) is 16.4. The van der Waals surface area contributed by atoms with Crippen LogP contribution >= 0.6 is 0 Å². The van der Waals surface area contributed by atoms with E-state index < -0.39 is 29.7 Å². The van der Waals surface area contributed by atoms with Gasteiger partial charge in [-0.2, -0.15) is 9.97 Å². The van der Waals surface area contributed by atoms with Crippen molar-refractivity contribution in [2.45, 2.75) is 135 Å². The van der Waals surface area contributed by atoms with Crippen molar-refractivity contribution >= 4 is 29.5 Å². The Morgan fingerprint density at radius 3 is 1.87 bits per heavy atom. The number of hydrogen-bond acceptors (Lipinski definition) is 13. The van der Waals surface area contributed by atoms with Gasteiger partial charge in [-0.05, 0) is 92.9 Å². The summed E-state index contributed by atoms with van der Waals surface area (Å²) in [4.78, 5) is 30.7. The van der Waals surface area contributed by atoms with E-state index in [-0.39, 0.29) is 34.6 Å². The monoisotopic (exact) mass is 642 g/mol. The molecule has 13 nitrogen and oxygen atoms in total. The Morgan fingerprint density at radius 1 is 0.804 bits per heavy atom. The second-order valence-corrected chi connectivity index (χ2v) is 15.3. The number of nitrogens with one attached hydrogen (secondary N) is 4. The van der Waals surface area contributed by atoms with Gasteiger partial charge in [0.05, 0.1) is 24.9 Å². The summed E-state index contributed by atoms with van der Waals surface area (Å²) in [6, 6.07) is -0.238. The number of nitrogens with zero attached hydrogens (tertiary/aromatic N) is 4. The van der Waals surface area contributed by atoms with Crippen molar-refractivity contribution in [2.75, 3.05) is 28.4 Å². The second-order valence-electron chi connectivity index (χ2n) is 15.3. The van der Waals surface area contributed by atoms with Crippen molar-refractivity contribution in [3.63, 3.8) is 0 Å². The molecule has 2 saturated carbocycles. The van der Waals surface area contributed by atoms with Crippen LogP contribution in [-0.2, 0) is 10.3 Å². The van der Waals surface area contributed by atoms with Crippen LogP contribution in [0.1, 0.15) is 110 Å². The van der Waals surface area contributed by atoms with Crippen molar-refractivity contribution in [1.29, 1.82) is 0 Å². The second kappa shape index (κ2) is 13.8. The third kappa shape index (κ3) is 8.95. The normalized spacial score (nSPS) is 26.9. The highest BCUT2D eigenvalue weighted by molar-refractivity contribution is 5.94. The van der Waals surface area contributed by atoms with Gasteiger partial charge in [-0.15, -0.1) is 0 Å². The fourth-order valence-electron chi connectivity index (χ4n) is 6.35. The van der Waals surface area contributed by atoms with Gasteiger partial charge in [0, 0.05) is 47.0 Å². The molecule has 0 spiro atoms. The van der Waals surface area contributed by atoms with E-state index in [9.17, 15) is 20.1 Å². The van der Waals surface area contributed by atoms with E-state index >= 15 is 0 Å². The maximum absolute atomic E-state index is 12.5. The number of methoxy groups -OCH3 is 1. The molecule has 1 unspecified atom stereocenters. The highest BCUT2D eigenvalue weighted by Gasteiger charge is 2.44. The number of anilines is 4. The van der Waals surface area contributed by atoms with Gasteiger partial charge < -0.3 is 41.3 Å². The average molecular weight is 643 g/mol. The molecule has 46 heavy (non-hydrogen) atoms. The van der Waals surface area contributed by atoms with Crippen LogP contribution in [0.5, 0.6) is 0 Å². The lowest BCUT2D eigenvalue weighted by Crippen LogP contribution is -2.46. The van der Waals surface area contributed by atoms with Crippen LogP contribution in [-0.4, -0.2) is 83.7 Å². The summed E-state index contributed by atoms with van der Waals surface area (Å²) < 4.78 is 4.95. The summed E-state index contributed by atoms with van der Waals surface area (Å²) >= 11 is 0. The molecule has 0 amide bonds. The number of rotatable bonds is 9. The molecule has 2 aromatic rings. The maximum Gasteiger partial charge on any atom is 0.343 e. The molecular weight excluding hydrogens is 588 g/mol. The minimum absolute atomic E-state index is 0.0162. The first-order valence-corrected chi connectivity index (χ1v) is 16.4. The Hall–Kier alpha value is -3.29. The summed E-state index contributed by atoms with van der Waals surface area (Å²) in [6.45, 7) is 15.8. The number of ether oxygens (including phenoxy) is 1. The zero-order valence-corrected chi connectivity index (χ0v) is 28.8. The van der Waals surface area contributed by atoms with Crippen LogP contribution in [0.15, 0.2) is 12.4 Å². The Morgan fingerprint density at radius 2 is 1.33 bits per heavy atom. The van der Waals surface area contributed by atoms with Crippen molar-refractivity contribution < 1.29 is 24.9 Å². The average Bonchev–Trinajstić information content (AvgIpc) is 2.93. The fourth-order valence-corrected chi connectivity index (χ4v) is 6.35. The highest BCUT2D eigenvalue weighted by atomic mass is 16.5. The third-order valence-corrected chi connectivity index (χ3v) is 8.88. The van der Waals surface area contributed by atoms with E-state index in [2.05, 4.69) is 43.1 Å². The molecule has 4 rings (SSSR count). The smallest absolute Gasteiger partial charge is 0.343 e. The maximum atomic E-state index is 12.5. The molecule has 7 atom stereocenters. The minimum atomic E-state index is -1.47. The number of carbonyl (C=O) groups is 1. The largest absolute Gasteiger partial charge is 0.465 e. The lowest BCUT2D eigenvalue weighted by Gasteiger charge is -2.42. The van der Waals surface area contributed by atoms with Crippen molar-refractivity contribution in [3.05, 3.63) is 23.5 Å². The van der Waals surface area contributed by atoms with E-state index in [0.717, 1.165) is 12.8 Å². The molecule has 2 aliphatic rings. The predicted octanol–water partition coefficient (Wildman–Crippen LogP) is 4.28. The van der Waals surface area contributed by atoms with Crippen molar-refractivity contribution in [2.24, 2.45) is 11.8 Å². The van der Waals surface area contributed by atoms with Gasteiger partial charge in [0.15, 0.2) is 0 Å². The zero-order chi connectivity index (χ0) is 34.0. The molecule has 0 bridgehead atoms. The molecule has 0 aromatic carbocycles. The molecule has 2 heterocycles. The Balaban J connectivity index is 1.56. The predicted molar refractivity (Wildman–Crippen MR) is 179 cm³/mol. The van der Waals surface area contributed by atoms with Crippen molar-refractivity contribution in [1.82, 2.24) is 19.9 Å². The quantitative estimate of drug-likeness (QED) is 0.192. The standard InChI is InChI=1S/C33H54N8O5/c1-18-10-11-19(14-24(18)42)37-27-23(17-35-30(39-27)41-32(5,6)7)33(8,45)22-13-12-20(15-25(22)43)36-26-21(28(44)46-9)16-34-29(38-26)40-31(2,3)4/h16-20,22,24-25,42-43,45H,10-15H2,1-9H3,(H2,34,36,38,40)(H2,35,37,39,41)/t18-,19-,20-,22-,24-,25-,33?/m1/s1. The van der Waals surface area contributed by atoms with E-state index in [1.807, 2.05) is 41.5 Å². The van der Waals surface area contributed by atoms with Gasteiger partial charge in [0.25, 0.3) is 0 Å². The molecule has 7 N–H and O–H groups in total. The van der Waals surface area contributed by atoms with Gasteiger partial charge in [-0.1, -0.05) is 6.92 Å². The Labute approximate surface area is 272 Å². The van der Waals surface area contributed by atoms with Gasteiger partial charge in [0.1, 0.15) is 17.2 Å². The third-order valence-electron chi connectivity index (χ3n) is 8.88. The first-order chi connectivity index (χ1) is 21.4. The van der Waals surface area contributed by atoms with Crippen molar-refractivity contribution in [3.8, 4) is 0 Å². The van der Waals surface area contributed by atoms with Crippen LogP contribution in [0, 0.1) is 11.8 Å². The molecule has 0 aliphatic heterocycles. The molecule has 0 saturated heterocycles. The Bertz CT molecular complexity index is 1360. The lowest BCUT2D eigenvalue weighted by molar-refractivity contribution is -0.0827.